The van der Waals surface area contributed by atoms with Gasteiger partial charge in [0.25, 0.3) is 0 Å². The highest BCUT2D eigenvalue weighted by molar-refractivity contribution is 5.73. The number of rotatable bonds is 3. The van der Waals surface area contributed by atoms with E-state index in [0.717, 1.165) is 24.9 Å². The zero-order chi connectivity index (χ0) is 10.7. The van der Waals surface area contributed by atoms with Crippen molar-refractivity contribution in [3.8, 4) is 0 Å². The maximum atomic E-state index is 10.7. The summed E-state index contributed by atoms with van der Waals surface area (Å²) in [5, 5.41) is 0. The smallest absolute Gasteiger partial charge is 0.218 e. The Balaban J connectivity index is 2.45. The lowest BCUT2D eigenvalue weighted by molar-refractivity contribution is -0.118. The fourth-order valence-electron chi connectivity index (χ4n) is 2.38. The number of likely N-dealkylation sites (tertiary alicyclic amines) is 1. The molecule has 1 rings (SSSR count). The summed E-state index contributed by atoms with van der Waals surface area (Å²) in [6.07, 6.45) is 1.79. The van der Waals surface area contributed by atoms with Crippen LogP contribution in [0.5, 0.6) is 0 Å². The molecule has 0 aromatic rings. The summed E-state index contributed by atoms with van der Waals surface area (Å²) in [4.78, 5) is 13.1. The van der Waals surface area contributed by atoms with Gasteiger partial charge < -0.3 is 5.73 Å². The molecule has 3 unspecified atom stereocenters. The van der Waals surface area contributed by atoms with Crippen LogP contribution in [-0.2, 0) is 4.79 Å². The molecular weight excluding hydrogens is 176 g/mol. The van der Waals surface area contributed by atoms with Gasteiger partial charge in [0, 0.05) is 25.6 Å². The average molecular weight is 198 g/mol. The number of hydrogen-bond donors (Lipinski definition) is 1. The zero-order valence-corrected chi connectivity index (χ0v) is 9.49. The standard InChI is InChI=1S/C11H22N2O/c1-8-6-9(2)10(3)13(7-8)5-4-11(12)14/h8-10H,4-7H2,1-3H3,(H2,12,14). The second kappa shape index (κ2) is 4.78. The van der Waals surface area contributed by atoms with E-state index >= 15 is 0 Å². The van der Waals surface area contributed by atoms with Crippen molar-refractivity contribution in [2.24, 2.45) is 17.6 Å². The third-order valence-corrected chi connectivity index (χ3v) is 3.37. The third kappa shape index (κ3) is 2.98. The van der Waals surface area contributed by atoms with Crippen LogP contribution in [-0.4, -0.2) is 29.9 Å². The predicted molar refractivity (Wildman–Crippen MR) is 57.8 cm³/mol. The summed E-state index contributed by atoms with van der Waals surface area (Å²) in [5.74, 6) is 1.28. The first-order chi connectivity index (χ1) is 6.50. The van der Waals surface area contributed by atoms with Crippen molar-refractivity contribution in [3.63, 3.8) is 0 Å². The fourth-order valence-corrected chi connectivity index (χ4v) is 2.38. The number of carbonyl (C=O) groups excluding carboxylic acids is 1. The molecule has 0 aliphatic carbocycles. The van der Waals surface area contributed by atoms with E-state index in [1.807, 2.05) is 0 Å². The molecular formula is C11H22N2O. The Kier molecular flexibility index (Phi) is 3.93. The molecule has 3 heteroatoms. The highest BCUT2D eigenvalue weighted by Crippen LogP contribution is 2.26. The van der Waals surface area contributed by atoms with Crippen LogP contribution < -0.4 is 5.73 Å². The van der Waals surface area contributed by atoms with Crippen molar-refractivity contribution in [1.82, 2.24) is 4.90 Å². The van der Waals surface area contributed by atoms with Crippen molar-refractivity contribution in [2.75, 3.05) is 13.1 Å². The number of primary amides is 1. The Bertz CT molecular complexity index is 205. The number of carbonyl (C=O) groups is 1. The van der Waals surface area contributed by atoms with Gasteiger partial charge in [-0.2, -0.15) is 0 Å². The topological polar surface area (TPSA) is 46.3 Å². The minimum absolute atomic E-state index is 0.192. The number of amides is 1. The minimum Gasteiger partial charge on any atom is -0.370 e. The molecule has 0 saturated carbocycles. The molecule has 3 nitrogen and oxygen atoms in total. The first-order valence-corrected chi connectivity index (χ1v) is 5.53. The lowest BCUT2D eigenvalue weighted by atomic mass is 9.86. The number of nitrogens with zero attached hydrogens (tertiary/aromatic N) is 1. The zero-order valence-electron chi connectivity index (χ0n) is 9.49. The molecule has 1 amide bonds. The first-order valence-electron chi connectivity index (χ1n) is 5.53. The molecule has 1 saturated heterocycles. The number of hydrogen-bond acceptors (Lipinski definition) is 2. The molecule has 0 bridgehead atoms. The largest absolute Gasteiger partial charge is 0.370 e. The summed E-state index contributed by atoms with van der Waals surface area (Å²) in [5.41, 5.74) is 5.16. The van der Waals surface area contributed by atoms with Crippen LogP contribution in [0.2, 0.25) is 0 Å². The number of nitrogens with two attached hydrogens (primary N) is 1. The second-order valence-electron chi connectivity index (χ2n) is 4.77. The van der Waals surface area contributed by atoms with E-state index in [1.54, 1.807) is 0 Å². The van der Waals surface area contributed by atoms with Gasteiger partial charge >= 0.3 is 0 Å². The predicted octanol–water partition coefficient (Wildman–Crippen LogP) is 1.23. The molecule has 14 heavy (non-hydrogen) atoms. The van der Waals surface area contributed by atoms with Gasteiger partial charge in [0.2, 0.25) is 5.91 Å². The van der Waals surface area contributed by atoms with E-state index < -0.39 is 0 Å². The highest BCUT2D eigenvalue weighted by Gasteiger charge is 2.28. The molecule has 1 aliphatic rings. The van der Waals surface area contributed by atoms with Gasteiger partial charge in [-0.25, -0.2) is 0 Å². The van der Waals surface area contributed by atoms with E-state index in [-0.39, 0.29) is 5.91 Å². The molecule has 0 aromatic heterocycles. The lowest BCUT2D eigenvalue weighted by Gasteiger charge is -2.40. The number of piperidine rings is 1. The van der Waals surface area contributed by atoms with Crippen molar-refractivity contribution in [3.05, 3.63) is 0 Å². The van der Waals surface area contributed by atoms with Gasteiger partial charge in [0.1, 0.15) is 0 Å². The summed E-state index contributed by atoms with van der Waals surface area (Å²) in [7, 11) is 0. The van der Waals surface area contributed by atoms with Crippen LogP contribution in [0.1, 0.15) is 33.6 Å². The van der Waals surface area contributed by atoms with Gasteiger partial charge in [-0.15, -0.1) is 0 Å². The van der Waals surface area contributed by atoms with E-state index in [9.17, 15) is 4.79 Å². The molecule has 0 radical (unpaired) electrons. The molecule has 82 valence electrons. The van der Waals surface area contributed by atoms with Crippen LogP contribution in [0, 0.1) is 11.8 Å². The first kappa shape index (κ1) is 11.5. The van der Waals surface area contributed by atoms with Gasteiger partial charge in [0.05, 0.1) is 0 Å². The summed E-state index contributed by atoms with van der Waals surface area (Å²) < 4.78 is 0. The molecule has 1 aliphatic heterocycles. The van der Waals surface area contributed by atoms with Gasteiger partial charge in [0.15, 0.2) is 0 Å². The maximum absolute atomic E-state index is 10.7. The quantitative estimate of drug-likeness (QED) is 0.741. The van der Waals surface area contributed by atoms with E-state index in [2.05, 4.69) is 25.7 Å². The fraction of sp³-hybridized carbons (Fsp3) is 0.909. The molecule has 3 atom stereocenters. The van der Waals surface area contributed by atoms with Gasteiger partial charge in [-0.05, 0) is 25.2 Å². The summed E-state index contributed by atoms with van der Waals surface area (Å²) in [6, 6.07) is 0.588. The van der Waals surface area contributed by atoms with Gasteiger partial charge in [-0.1, -0.05) is 13.8 Å². The SMILES string of the molecule is CC1CC(C)C(C)N(CCC(N)=O)C1. The van der Waals surface area contributed by atoms with E-state index in [4.69, 9.17) is 5.73 Å². The minimum atomic E-state index is -0.192. The van der Waals surface area contributed by atoms with Crippen molar-refractivity contribution < 1.29 is 4.79 Å². The van der Waals surface area contributed by atoms with Crippen molar-refractivity contribution in [1.29, 1.82) is 0 Å². The maximum Gasteiger partial charge on any atom is 0.218 e. The lowest BCUT2D eigenvalue weighted by Crippen LogP contribution is -2.46. The van der Waals surface area contributed by atoms with E-state index in [1.165, 1.54) is 6.42 Å². The van der Waals surface area contributed by atoms with Crippen LogP contribution in [0.25, 0.3) is 0 Å². The molecule has 1 fully saturated rings. The van der Waals surface area contributed by atoms with Crippen molar-refractivity contribution in [2.45, 2.75) is 39.7 Å². The summed E-state index contributed by atoms with van der Waals surface area (Å²) >= 11 is 0. The van der Waals surface area contributed by atoms with Gasteiger partial charge in [-0.3, -0.25) is 9.69 Å². The Labute approximate surface area is 86.6 Å². The molecule has 1 heterocycles. The molecule has 2 N–H and O–H groups in total. The van der Waals surface area contributed by atoms with Crippen LogP contribution in [0.3, 0.4) is 0 Å². The Hall–Kier alpha value is -0.570. The van der Waals surface area contributed by atoms with E-state index in [0.29, 0.717) is 12.5 Å². The third-order valence-electron chi connectivity index (χ3n) is 3.37. The molecule has 0 aromatic carbocycles. The Morgan fingerprint density at radius 3 is 2.64 bits per heavy atom. The monoisotopic (exact) mass is 198 g/mol. The normalized spacial score (nSPS) is 34.4. The van der Waals surface area contributed by atoms with Crippen LogP contribution in [0.4, 0.5) is 0 Å². The Morgan fingerprint density at radius 1 is 1.43 bits per heavy atom. The highest BCUT2D eigenvalue weighted by atomic mass is 16.1. The van der Waals surface area contributed by atoms with Crippen LogP contribution in [0.15, 0.2) is 0 Å². The molecule has 0 spiro atoms. The second-order valence-corrected chi connectivity index (χ2v) is 4.77. The summed E-state index contributed by atoms with van der Waals surface area (Å²) in [6.45, 7) is 8.75. The Morgan fingerprint density at radius 2 is 2.07 bits per heavy atom. The van der Waals surface area contributed by atoms with Crippen molar-refractivity contribution >= 4 is 5.91 Å². The average Bonchev–Trinajstić information content (AvgIpc) is 2.08. The van der Waals surface area contributed by atoms with Crippen LogP contribution >= 0.6 is 0 Å².